The van der Waals surface area contributed by atoms with E-state index in [1.54, 1.807) is 24.3 Å². The summed E-state index contributed by atoms with van der Waals surface area (Å²) in [7, 11) is -3.49. The molecule has 5 nitrogen and oxygen atoms in total. The Kier molecular flexibility index (Phi) is 3.43. The molecule has 0 saturated carbocycles. The molecule has 0 atom stereocenters. The van der Waals surface area contributed by atoms with Crippen molar-refractivity contribution in [3.63, 3.8) is 0 Å². The van der Waals surface area contributed by atoms with E-state index < -0.39 is 10.0 Å². The quantitative estimate of drug-likeness (QED) is 0.805. The summed E-state index contributed by atoms with van der Waals surface area (Å²) in [5.41, 5.74) is 0.890. The van der Waals surface area contributed by atoms with Gasteiger partial charge in [0.15, 0.2) is 0 Å². The Morgan fingerprint density at radius 3 is 2.82 bits per heavy atom. The van der Waals surface area contributed by atoms with E-state index >= 15 is 0 Å². The molecule has 1 saturated heterocycles. The van der Waals surface area contributed by atoms with Crippen LogP contribution < -0.4 is 0 Å². The molecule has 0 aromatic heterocycles. The summed E-state index contributed by atoms with van der Waals surface area (Å²) in [6, 6.07) is 8.66. The van der Waals surface area contributed by atoms with Crippen LogP contribution in [0.4, 0.5) is 0 Å². The van der Waals surface area contributed by atoms with Crippen molar-refractivity contribution in [3.05, 3.63) is 35.4 Å². The zero-order valence-electron chi connectivity index (χ0n) is 9.17. The summed E-state index contributed by atoms with van der Waals surface area (Å²) in [5, 5.41) is 8.89. The molecule has 0 aliphatic carbocycles. The molecule has 0 spiro atoms. The third-order valence-corrected chi connectivity index (χ3v) is 4.09. The van der Waals surface area contributed by atoms with Crippen molar-refractivity contribution in [1.82, 2.24) is 4.47 Å². The Labute approximate surface area is 100 Å². The van der Waals surface area contributed by atoms with Crippen LogP contribution in [-0.2, 0) is 20.6 Å². The zero-order valence-corrected chi connectivity index (χ0v) is 9.98. The van der Waals surface area contributed by atoms with Crippen LogP contribution in [0.15, 0.2) is 24.3 Å². The number of rotatable bonds is 3. The molecule has 2 rings (SSSR count). The van der Waals surface area contributed by atoms with Crippen LogP contribution in [0, 0.1) is 11.3 Å². The molecular formula is C11H12N2O3S. The van der Waals surface area contributed by atoms with Crippen molar-refractivity contribution in [3.8, 4) is 6.07 Å². The number of hydrogen-bond acceptors (Lipinski definition) is 4. The number of hydrogen-bond donors (Lipinski definition) is 0. The molecule has 1 fully saturated rings. The molecule has 6 heteroatoms. The number of nitriles is 1. The fourth-order valence-corrected chi connectivity index (χ4v) is 3.10. The molecule has 90 valence electrons. The Morgan fingerprint density at radius 2 is 2.18 bits per heavy atom. The number of benzene rings is 1. The first kappa shape index (κ1) is 12.0. The van der Waals surface area contributed by atoms with Crippen LogP contribution in [0.5, 0.6) is 0 Å². The fourth-order valence-electron chi connectivity index (χ4n) is 1.67. The summed E-state index contributed by atoms with van der Waals surface area (Å²) in [6.07, 6.45) is 0.707. The van der Waals surface area contributed by atoms with Crippen molar-refractivity contribution in [2.45, 2.75) is 12.2 Å². The van der Waals surface area contributed by atoms with E-state index in [2.05, 4.69) is 0 Å². The molecule has 17 heavy (non-hydrogen) atoms. The molecule has 1 aliphatic heterocycles. The summed E-state index contributed by atoms with van der Waals surface area (Å²) in [5.74, 6) is -0.198. The number of hydroxylamine groups is 1. The van der Waals surface area contributed by atoms with Gasteiger partial charge < -0.3 is 0 Å². The second-order valence-electron chi connectivity index (χ2n) is 3.74. The summed E-state index contributed by atoms with van der Waals surface area (Å²) >= 11 is 0. The minimum atomic E-state index is -3.49. The lowest BCUT2D eigenvalue weighted by Gasteiger charge is -2.14. The van der Waals surface area contributed by atoms with Crippen LogP contribution in [0.3, 0.4) is 0 Å². The Hall–Kier alpha value is -1.42. The second-order valence-corrected chi connectivity index (χ2v) is 5.60. The normalized spacial score (nSPS) is 16.9. The van der Waals surface area contributed by atoms with E-state index in [9.17, 15) is 8.42 Å². The summed E-state index contributed by atoms with van der Waals surface area (Å²) in [4.78, 5) is 5.03. The van der Waals surface area contributed by atoms with Gasteiger partial charge in [-0.15, -0.1) is 0 Å². The third-order valence-electron chi connectivity index (χ3n) is 2.51. The van der Waals surface area contributed by atoms with E-state index in [0.717, 1.165) is 4.47 Å². The lowest BCUT2D eigenvalue weighted by molar-refractivity contribution is -0.0286. The molecule has 0 N–H and O–H groups in total. The van der Waals surface area contributed by atoms with Gasteiger partial charge in [-0.25, -0.2) is 8.42 Å². The third kappa shape index (κ3) is 2.64. The highest BCUT2D eigenvalue weighted by Crippen LogP contribution is 2.17. The largest absolute Gasteiger partial charge is 0.284 e. The predicted molar refractivity (Wildman–Crippen MR) is 61.1 cm³/mol. The average molecular weight is 252 g/mol. The van der Waals surface area contributed by atoms with Crippen LogP contribution in [-0.4, -0.2) is 26.0 Å². The Morgan fingerprint density at radius 1 is 1.41 bits per heavy atom. The van der Waals surface area contributed by atoms with Gasteiger partial charge in [0.1, 0.15) is 0 Å². The lowest BCUT2D eigenvalue weighted by Crippen LogP contribution is -2.28. The van der Waals surface area contributed by atoms with Gasteiger partial charge in [-0.3, -0.25) is 4.84 Å². The number of nitrogens with zero attached hydrogens (tertiary/aromatic N) is 2. The van der Waals surface area contributed by atoms with Crippen molar-refractivity contribution >= 4 is 10.0 Å². The van der Waals surface area contributed by atoms with Gasteiger partial charge in [0, 0.05) is 6.54 Å². The van der Waals surface area contributed by atoms with Gasteiger partial charge in [-0.1, -0.05) is 22.7 Å². The van der Waals surface area contributed by atoms with Gasteiger partial charge in [-0.05, 0) is 18.1 Å². The van der Waals surface area contributed by atoms with Gasteiger partial charge in [0.05, 0.1) is 24.0 Å². The maximum absolute atomic E-state index is 12.0. The van der Waals surface area contributed by atoms with Crippen molar-refractivity contribution in [2.24, 2.45) is 0 Å². The van der Waals surface area contributed by atoms with E-state index in [4.69, 9.17) is 10.1 Å². The molecule has 1 heterocycles. The summed E-state index contributed by atoms with van der Waals surface area (Å²) < 4.78 is 24.9. The Bertz CT molecular complexity index is 542. The van der Waals surface area contributed by atoms with Crippen LogP contribution in [0.25, 0.3) is 0 Å². The average Bonchev–Trinajstić information content (AvgIpc) is 2.83. The molecule has 0 amide bonds. The molecule has 1 aromatic rings. The highest BCUT2D eigenvalue weighted by molar-refractivity contribution is 7.88. The SMILES string of the molecule is N#Cc1ccccc1CS(=O)(=O)N1CCCO1. The maximum atomic E-state index is 12.0. The molecule has 1 aromatic carbocycles. The molecular weight excluding hydrogens is 240 g/mol. The van der Waals surface area contributed by atoms with Crippen LogP contribution in [0.1, 0.15) is 17.5 Å². The van der Waals surface area contributed by atoms with Crippen LogP contribution >= 0.6 is 0 Å². The fraction of sp³-hybridized carbons (Fsp3) is 0.364. The molecule has 0 bridgehead atoms. The minimum Gasteiger partial charge on any atom is -0.284 e. The van der Waals surface area contributed by atoms with E-state index in [1.807, 2.05) is 6.07 Å². The van der Waals surface area contributed by atoms with Crippen molar-refractivity contribution in [1.29, 1.82) is 5.26 Å². The van der Waals surface area contributed by atoms with Gasteiger partial charge in [-0.2, -0.15) is 5.26 Å². The van der Waals surface area contributed by atoms with Crippen LogP contribution in [0.2, 0.25) is 0 Å². The first-order valence-corrected chi connectivity index (χ1v) is 6.86. The topological polar surface area (TPSA) is 70.4 Å². The van der Waals surface area contributed by atoms with Gasteiger partial charge >= 0.3 is 0 Å². The van der Waals surface area contributed by atoms with Gasteiger partial charge in [0.25, 0.3) is 0 Å². The standard InChI is InChI=1S/C11H12N2O3S/c12-8-10-4-1-2-5-11(10)9-17(14,15)13-6-3-7-16-13/h1-2,4-5H,3,6-7,9H2. The molecule has 0 radical (unpaired) electrons. The highest BCUT2D eigenvalue weighted by atomic mass is 32.2. The second kappa shape index (κ2) is 4.84. The first-order chi connectivity index (χ1) is 8.13. The highest BCUT2D eigenvalue weighted by Gasteiger charge is 2.27. The predicted octanol–water partition coefficient (Wildman–Crippen LogP) is 1.03. The number of sulfonamides is 1. The molecule has 1 aliphatic rings. The van der Waals surface area contributed by atoms with E-state index in [-0.39, 0.29) is 5.75 Å². The Balaban J connectivity index is 2.23. The van der Waals surface area contributed by atoms with Crippen molar-refractivity contribution < 1.29 is 13.3 Å². The monoisotopic (exact) mass is 252 g/mol. The van der Waals surface area contributed by atoms with E-state index in [0.29, 0.717) is 30.7 Å². The molecule has 0 unspecified atom stereocenters. The smallest absolute Gasteiger partial charge is 0.240 e. The maximum Gasteiger partial charge on any atom is 0.240 e. The van der Waals surface area contributed by atoms with E-state index in [1.165, 1.54) is 0 Å². The van der Waals surface area contributed by atoms with Crippen molar-refractivity contribution in [2.75, 3.05) is 13.2 Å². The zero-order chi connectivity index (χ0) is 12.3. The summed E-state index contributed by atoms with van der Waals surface area (Å²) in [6.45, 7) is 0.816. The first-order valence-electron chi connectivity index (χ1n) is 5.25. The minimum absolute atomic E-state index is 0.198. The lowest BCUT2D eigenvalue weighted by atomic mass is 10.1. The van der Waals surface area contributed by atoms with Gasteiger partial charge in [0.2, 0.25) is 10.0 Å².